The lowest BCUT2D eigenvalue weighted by Crippen LogP contribution is -2.48. The number of carbonyl (C=O) groups is 2. The predicted octanol–water partition coefficient (Wildman–Crippen LogP) is 1.11. The number of nitrogens with one attached hydrogen (secondary N) is 4. The van der Waals surface area contributed by atoms with Crippen LogP contribution >= 0.6 is 0 Å². The van der Waals surface area contributed by atoms with E-state index in [-0.39, 0.29) is 37.1 Å². The third-order valence-corrected chi connectivity index (χ3v) is 6.53. The summed E-state index contributed by atoms with van der Waals surface area (Å²) >= 11 is 0. The number of carbonyl (C=O) groups excluding carboxylic acids is 2. The molecule has 0 radical (unpaired) electrons. The van der Waals surface area contributed by atoms with Gasteiger partial charge in [-0.2, -0.15) is 8.42 Å². The molecular formula is C27H32N8O6S. The van der Waals surface area contributed by atoms with Gasteiger partial charge in [-0.3, -0.25) is 14.3 Å². The van der Waals surface area contributed by atoms with Gasteiger partial charge in [0.25, 0.3) is 16.2 Å². The Labute approximate surface area is 242 Å². The van der Waals surface area contributed by atoms with Gasteiger partial charge < -0.3 is 21.7 Å². The van der Waals surface area contributed by atoms with E-state index in [1.807, 2.05) is 60.7 Å². The van der Waals surface area contributed by atoms with Crippen LogP contribution in [0, 0.1) is 10.1 Å². The predicted molar refractivity (Wildman–Crippen MR) is 158 cm³/mol. The number of nitrogens with two attached hydrogens (primary N) is 2. The molecule has 3 aromatic rings. The van der Waals surface area contributed by atoms with Gasteiger partial charge in [0.1, 0.15) is 11.1 Å². The molecule has 42 heavy (non-hydrogen) atoms. The first-order valence-corrected chi connectivity index (χ1v) is 14.4. The third-order valence-electron chi connectivity index (χ3n) is 6.01. The van der Waals surface area contributed by atoms with Crippen LogP contribution in [0.1, 0.15) is 35.4 Å². The summed E-state index contributed by atoms with van der Waals surface area (Å²) in [7, 11) is -3.92. The van der Waals surface area contributed by atoms with Crippen molar-refractivity contribution in [3.8, 4) is 0 Å². The van der Waals surface area contributed by atoms with Crippen LogP contribution in [0.15, 0.2) is 90.0 Å². The van der Waals surface area contributed by atoms with Crippen LogP contribution in [0.5, 0.6) is 0 Å². The molecule has 0 bridgehead atoms. The van der Waals surface area contributed by atoms with E-state index in [9.17, 15) is 28.1 Å². The second kappa shape index (κ2) is 15.1. The molecule has 0 saturated carbocycles. The lowest BCUT2D eigenvalue weighted by atomic mass is 9.90. The maximum absolute atomic E-state index is 13.7. The number of rotatable bonds is 14. The normalized spacial score (nSPS) is 12.3. The molecule has 15 heteroatoms. The molecule has 0 saturated heterocycles. The highest BCUT2D eigenvalue weighted by molar-refractivity contribution is 7.90. The van der Waals surface area contributed by atoms with Crippen LogP contribution in [0.2, 0.25) is 0 Å². The summed E-state index contributed by atoms with van der Waals surface area (Å²) in [6.45, 7) is 0.268. The molecule has 3 rings (SSSR count). The van der Waals surface area contributed by atoms with Crippen molar-refractivity contribution in [1.82, 2.24) is 16.0 Å². The van der Waals surface area contributed by atoms with Crippen molar-refractivity contribution in [3.63, 3.8) is 0 Å². The summed E-state index contributed by atoms with van der Waals surface area (Å²) in [6.07, 6.45) is 0.505. The minimum atomic E-state index is -3.92. The number of nitrogens with zero attached hydrogens (tertiary/aromatic N) is 2. The van der Waals surface area contributed by atoms with E-state index in [4.69, 9.17) is 10.9 Å². The van der Waals surface area contributed by atoms with E-state index in [0.29, 0.717) is 12.0 Å². The fourth-order valence-electron chi connectivity index (χ4n) is 4.12. The molecule has 0 spiro atoms. The number of hydrogen-bond donors (Lipinski definition) is 6. The molecule has 0 fully saturated rings. The van der Waals surface area contributed by atoms with E-state index < -0.39 is 33.1 Å². The van der Waals surface area contributed by atoms with Crippen molar-refractivity contribution in [2.75, 3.05) is 11.3 Å². The molecular weight excluding hydrogens is 564 g/mol. The molecule has 14 nitrogen and oxygen atoms in total. The zero-order chi connectivity index (χ0) is 30.5. The highest BCUT2D eigenvalue weighted by Crippen LogP contribution is 2.25. The number of anilines is 1. The Morgan fingerprint density at radius 3 is 1.98 bits per heavy atom. The van der Waals surface area contributed by atoms with Gasteiger partial charge in [0, 0.05) is 18.8 Å². The van der Waals surface area contributed by atoms with Crippen LogP contribution in [0.3, 0.4) is 0 Å². The third kappa shape index (κ3) is 10.5. The van der Waals surface area contributed by atoms with E-state index in [0.717, 1.165) is 11.1 Å². The van der Waals surface area contributed by atoms with Crippen molar-refractivity contribution >= 4 is 33.7 Å². The Morgan fingerprint density at radius 1 is 0.881 bits per heavy atom. The second-order valence-corrected chi connectivity index (χ2v) is 10.5. The monoisotopic (exact) mass is 596 g/mol. The van der Waals surface area contributed by atoms with Crippen LogP contribution < -0.4 is 31.5 Å². The molecule has 0 aliphatic rings. The zero-order valence-electron chi connectivity index (χ0n) is 22.5. The molecule has 0 aliphatic heterocycles. The van der Waals surface area contributed by atoms with E-state index in [2.05, 4.69) is 25.8 Å². The maximum atomic E-state index is 13.7. The Hall–Kier alpha value is -5.02. The summed E-state index contributed by atoms with van der Waals surface area (Å²) < 4.78 is 24.6. The average molecular weight is 597 g/mol. The number of hydrazone groups is 1. The number of amides is 2. The Bertz CT molecular complexity index is 1450. The molecule has 3 aromatic carbocycles. The summed E-state index contributed by atoms with van der Waals surface area (Å²) in [4.78, 5) is 37.4. The first-order valence-electron chi connectivity index (χ1n) is 12.8. The number of benzene rings is 3. The molecule has 0 aromatic heterocycles. The highest BCUT2D eigenvalue weighted by Gasteiger charge is 2.27. The molecule has 0 heterocycles. The van der Waals surface area contributed by atoms with Gasteiger partial charge in [-0.1, -0.05) is 72.8 Å². The van der Waals surface area contributed by atoms with Gasteiger partial charge in [-0.05, 0) is 41.7 Å². The first kappa shape index (κ1) is 31.5. The summed E-state index contributed by atoms with van der Waals surface area (Å²) in [6, 6.07) is 23.6. The highest BCUT2D eigenvalue weighted by atomic mass is 32.2. The lowest BCUT2D eigenvalue weighted by Gasteiger charge is -2.23. The van der Waals surface area contributed by atoms with Crippen molar-refractivity contribution < 1.29 is 23.0 Å². The average Bonchev–Trinajstić information content (AvgIpc) is 2.94. The molecule has 1 atom stereocenters. The lowest BCUT2D eigenvalue weighted by molar-refractivity contribution is -0.485. The number of hydrogen-bond acceptors (Lipinski definition) is 6. The van der Waals surface area contributed by atoms with Crippen molar-refractivity contribution in [1.29, 1.82) is 0 Å². The Morgan fingerprint density at radius 2 is 1.45 bits per heavy atom. The van der Waals surface area contributed by atoms with Crippen molar-refractivity contribution in [2.24, 2.45) is 16.0 Å². The van der Waals surface area contributed by atoms with Gasteiger partial charge in [0.15, 0.2) is 5.03 Å². The van der Waals surface area contributed by atoms with Crippen LogP contribution in [-0.2, 0) is 26.3 Å². The topological polar surface area (TPSA) is 224 Å². The van der Waals surface area contributed by atoms with Crippen LogP contribution in [0.4, 0.5) is 5.69 Å². The van der Waals surface area contributed by atoms with E-state index in [1.165, 1.54) is 12.1 Å². The minimum absolute atomic E-state index is 0.0996. The van der Waals surface area contributed by atoms with Gasteiger partial charge in [0.2, 0.25) is 11.8 Å². The number of guanidine groups is 1. The van der Waals surface area contributed by atoms with Crippen molar-refractivity contribution in [2.45, 2.75) is 31.3 Å². The standard InChI is InChI=1S/C27H32N8O6S/c28-27(33-35(38)39)30-17-7-12-23(25(36)31-18-19-13-15-22(16-14-19)34-42(29,40)41)32-26(37)24(20-8-3-1-4-9-20)21-10-5-2-6-11-21/h1-6,8-11,13-16,23-24,34H,7,12,17-18H2,(H,31,36)(H,32,37)(H3,28,30,33)(H2,29,40,41)/t23-/m1/s1. The van der Waals surface area contributed by atoms with Gasteiger partial charge in [-0.25, -0.2) is 15.3 Å². The summed E-state index contributed by atoms with van der Waals surface area (Å²) in [5.74, 6) is -1.89. The van der Waals surface area contributed by atoms with Gasteiger partial charge in [0.05, 0.1) is 5.92 Å². The van der Waals surface area contributed by atoms with Crippen LogP contribution in [0.25, 0.3) is 0 Å². The first-order chi connectivity index (χ1) is 20.0. The van der Waals surface area contributed by atoms with E-state index >= 15 is 0 Å². The Balaban J connectivity index is 1.74. The van der Waals surface area contributed by atoms with E-state index in [1.54, 1.807) is 12.1 Å². The Kier molecular flexibility index (Phi) is 11.3. The minimum Gasteiger partial charge on any atom is -0.365 e. The maximum Gasteiger partial charge on any atom is 0.296 e. The van der Waals surface area contributed by atoms with Gasteiger partial charge >= 0.3 is 0 Å². The van der Waals surface area contributed by atoms with Crippen molar-refractivity contribution in [3.05, 3.63) is 112 Å². The fraction of sp³-hybridized carbons (Fsp3) is 0.222. The molecule has 222 valence electrons. The fourth-order valence-corrected chi connectivity index (χ4v) is 4.59. The summed E-state index contributed by atoms with van der Waals surface area (Å²) in [5, 5.41) is 25.8. The second-order valence-electron chi connectivity index (χ2n) is 9.17. The smallest absolute Gasteiger partial charge is 0.296 e. The zero-order valence-corrected chi connectivity index (χ0v) is 23.3. The van der Waals surface area contributed by atoms with Crippen LogP contribution in [-0.4, -0.2) is 43.8 Å². The SMILES string of the molecule is N/C(=N/[N+](=O)[O-])NCCC[C@@H](NC(=O)C(c1ccccc1)c1ccccc1)C(=O)NCc1ccc(NS(N)(=O)=O)cc1. The largest absolute Gasteiger partial charge is 0.365 e. The molecule has 8 N–H and O–H groups in total. The summed E-state index contributed by atoms with van der Waals surface area (Å²) in [5.41, 5.74) is 7.89. The molecule has 0 unspecified atom stereocenters. The molecule has 2 amide bonds. The quantitative estimate of drug-likeness (QED) is 0.0518. The molecule has 0 aliphatic carbocycles. The van der Waals surface area contributed by atoms with Gasteiger partial charge in [-0.15, -0.1) is 0 Å². The number of nitro groups is 1.